The molecule has 0 aliphatic heterocycles. The Balaban J connectivity index is 1.52. The predicted molar refractivity (Wildman–Crippen MR) is 115 cm³/mol. The van der Waals surface area contributed by atoms with Gasteiger partial charge in [0.1, 0.15) is 11.5 Å². The Morgan fingerprint density at radius 2 is 1.00 bits per heavy atom. The van der Waals surface area contributed by atoms with Gasteiger partial charge in [-0.2, -0.15) is 0 Å². The molecule has 0 atom stereocenters. The summed E-state index contributed by atoms with van der Waals surface area (Å²) in [5.41, 5.74) is 2.30. The molecule has 0 aliphatic rings. The molecule has 0 aromatic heterocycles. The summed E-state index contributed by atoms with van der Waals surface area (Å²) in [4.78, 5) is 0. The van der Waals surface area contributed by atoms with E-state index in [1.54, 1.807) is 0 Å². The number of hydrogen-bond donors (Lipinski definition) is 2. The molecule has 0 unspecified atom stereocenters. The maximum absolute atomic E-state index is 5.80. The summed E-state index contributed by atoms with van der Waals surface area (Å²) < 4.78 is 11.6. The van der Waals surface area contributed by atoms with Gasteiger partial charge in [-0.3, -0.25) is 0 Å². The lowest BCUT2D eigenvalue weighted by Gasteiger charge is -2.09. The Kier molecular flexibility index (Phi) is 10.0. The van der Waals surface area contributed by atoms with Gasteiger partial charge in [0.2, 0.25) is 0 Å². The van der Waals surface area contributed by atoms with Crippen molar-refractivity contribution in [3.05, 3.63) is 48.5 Å². The number of unbranched alkanes of at least 4 members (excludes halogenated alkanes) is 2. The molecule has 2 rings (SSSR count). The zero-order valence-electron chi connectivity index (χ0n) is 16.8. The van der Waals surface area contributed by atoms with Crippen LogP contribution in [-0.4, -0.2) is 26.3 Å². The fourth-order valence-electron chi connectivity index (χ4n) is 2.64. The molecule has 4 heteroatoms. The number of nitrogens with one attached hydrogen (secondary N) is 2. The third kappa shape index (κ3) is 8.72. The zero-order chi connectivity index (χ0) is 19.2. The van der Waals surface area contributed by atoms with Crippen molar-refractivity contribution in [3.63, 3.8) is 0 Å². The molecule has 0 fully saturated rings. The first-order valence-electron chi connectivity index (χ1n) is 10.2. The van der Waals surface area contributed by atoms with Crippen LogP contribution in [0.25, 0.3) is 0 Å². The van der Waals surface area contributed by atoms with E-state index in [0.29, 0.717) is 0 Å². The summed E-state index contributed by atoms with van der Waals surface area (Å²) in [5.74, 6) is 1.87. The van der Waals surface area contributed by atoms with Crippen molar-refractivity contribution < 1.29 is 9.47 Å². The highest BCUT2D eigenvalue weighted by Gasteiger charge is 1.98. The lowest BCUT2D eigenvalue weighted by Crippen LogP contribution is -2.02. The molecule has 0 spiro atoms. The average Bonchev–Trinajstić information content (AvgIpc) is 2.71. The predicted octanol–water partition coefficient (Wildman–Crippen LogP) is 5.96. The summed E-state index contributed by atoms with van der Waals surface area (Å²) in [6.07, 6.45) is 5.44. The van der Waals surface area contributed by atoms with Crippen molar-refractivity contribution in [1.29, 1.82) is 0 Å². The third-order valence-corrected chi connectivity index (χ3v) is 4.19. The fraction of sp³-hybridized carbons (Fsp3) is 0.478. The minimum Gasteiger partial charge on any atom is -0.494 e. The molecule has 27 heavy (non-hydrogen) atoms. The summed E-state index contributed by atoms with van der Waals surface area (Å²) in [7, 11) is 0. The Labute approximate surface area is 164 Å². The van der Waals surface area contributed by atoms with Gasteiger partial charge in [-0.25, -0.2) is 0 Å². The van der Waals surface area contributed by atoms with E-state index in [4.69, 9.17) is 9.47 Å². The van der Waals surface area contributed by atoms with Crippen LogP contribution in [0.5, 0.6) is 11.5 Å². The van der Waals surface area contributed by atoms with Crippen molar-refractivity contribution in [2.24, 2.45) is 0 Å². The fourth-order valence-corrected chi connectivity index (χ4v) is 2.64. The van der Waals surface area contributed by atoms with Crippen molar-refractivity contribution in [2.45, 2.75) is 46.0 Å². The topological polar surface area (TPSA) is 42.5 Å². The summed E-state index contributed by atoms with van der Waals surface area (Å²) >= 11 is 0. The second kappa shape index (κ2) is 12.9. The zero-order valence-corrected chi connectivity index (χ0v) is 16.8. The first kappa shape index (κ1) is 20.9. The molecule has 0 heterocycles. The lowest BCUT2D eigenvalue weighted by molar-refractivity contribution is 0.279. The van der Waals surface area contributed by atoms with Gasteiger partial charge in [0.25, 0.3) is 0 Å². The van der Waals surface area contributed by atoms with Gasteiger partial charge in [-0.15, -0.1) is 0 Å². The van der Waals surface area contributed by atoms with Crippen LogP contribution in [0.15, 0.2) is 48.5 Å². The maximum Gasteiger partial charge on any atom is 0.119 e. The summed E-state index contributed by atoms with van der Waals surface area (Å²) in [5, 5.41) is 6.73. The molecule has 0 aliphatic carbocycles. The van der Waals surface area contributed by atoms with Gasteiger partial charge >= 0.3 is 0 Å². The minimum absolute atomic E-state index is 0.750. The van der Waals surface area contributed by atoms with Crippen LogP contribution in [0.3, 0.4) is 0 Å². The molecule has 0 amide bonds. The van der Waals surface area contributed by atoms with Gasteiger partial charge in [-0.1, -0.05) is 13.8 Å². The highest BCUT2D eigenvalue weighted by molar-refractivity contribution is 5.46. The van der Waals surface area contributed by atoms with Crippen molar-refractivity contribution >= 4 is 11.4 Å². The quantitative estimate of drug-likeness (QED) is 0.403. The van der Waals surface area contributed by atoms with E-state index < -0.39 is 0 Å². The lowest BCUT2D eigenvalue weighted by atomic mass is 10.2. The van der Waals surface area contributed by atoms with E-state index in [9.17, 15) is 0 Å². The number of rotatable bonds is 14. The highest BCUT2D eigenvalue weighted by Crippen LogP contribution is 2.17. The molecule has 0 saturated carbocycles. The van der Waals surface area contributed by atoms with Crippen molar-refractivity contribution in [3.8, 4) is 11.5 Å². The monoisotopic (exact) mass is 370 g/mol. The first-order valence-corrected chi connectivity index (χ1v) is 10.2. The number of benzene rings is 2. The van der Waals surface area contributed by atoms with Crippen LogP contribution >= 0.6 is 0 Å². The van der Waals surface area contributed by atoms with E-state index in [0.717, 1.165) is 81.3 Å². The smallest absolute Gasteiger partial charge is 0.119 e. The summed E-state index contributed by atoms with van der Waals surface area (Å²) in [6, 6.07) is 16.4. The van der Waals surface area contributed by atoms with Crippen LogP contribution in [0.2, 0.25) is 0 Å². The second-order valence-corrected chi connectivity index (χ2v) is 6.66. The van der Waals surface area contributed by atoms with Crippen molar-refractivity contribution in [1.82, 2.24) is 0 Å². The van der Waals surface area contributed by atoms with E-state index in [1.807, 2.05) is 24.3 Å². The van der Waals surface area contributed by atoms with E-state index >= 15 is 0 Å². The van der Waals surface area contributed by atoms with Crippen LogP contribution < -0.4 is 20.1 Å². The SMILES string of the molecule is CCCNc1ccc(OCCCCCOc2ccc(NCCC)cc2)cc1. The van der Waals surface area contributed by atoms with Gasteiger partial charge < -0.3 is 20.1 Å². The maximum atomic E-state index is 5.80. The third-order valence-electron chi connectivity index (χ3n) is 4.19. The van der Waals surface area contributed by atoms with Crippen molar-refractivity contribution in [2.75, 3.05) is 36.9 Å². The number of hydrogen-bond acceptors (Lipinski definition) is 4. The molecule has 0 radical (unpaired) electrons. The Bertz CT molecular complexity index is 556. The van der Waals surface area contributed by atoms with Crippen LogP contribution in [0.1, 0.15) is 46.0 Å². The Morgan fingerprint density at radius 3 is 1.37 bits per heavy atom. The van der Waals surface area contributed by atoms with Crippen LogP contribution in [0.4, 0.5) is 11.4 Å². The average molecular weight is 371 g/mol. The van der Waals surface area contributed by atoms with Crippen LogP contribution in [0, 0.1) is 0 Å². The molecule has 2 N–H and O–H groups in total. The molecule has 148 valence electrons. The minimum atomic E-state index is 0.750. The highest BCUT2D eigenvalue weighted by atomic mass is 16.5. The molecular weight excluding hydrogens is 336 g/mol. The molecule has 0 bridgehead atoms. The molecule has 2 aromatic rings. The van der Waals surface area contributed by atoms with Crippen LogP contribution in [-0.2, 0) is 0 Å². The second-order valence-electron chi connectivity index (χ2n) is 6.66. The van der Waals surface area contributed by atoms with Gasteiger partial charge in [0.15, 0.2) is 0 Å². The number of anilines is 2. The molecule has 0 saturated heterocycles. The van der Waals surface area contributed by atoms with E-state index in [-0.39, 0.29) is 0 Å². The Hall–Kier alpha value is -2.36. The molecular formula is C23H34N2O2. The van der Waals surface area contributed by atoms with Gasteiger partial charge in [-0.05, 0) is 80.6 Å². The van der Waals surface area contributed by atoms with Gasteiger partial charge in [0.05, 0.1) is 13.2 Å². The Morgan fingerprint density at radius 1 is 0.593 bits per heavy atom. The molecule has 2 aromatic carbocycles. The van der Waals surface area contributed by atoms with Gasteiger partial charge in [0, 0.05) is 24.5 Å². The van der Waals surface area contributed by atoms with E-state index in [2.05, 4.69) is 48.7 Å². The first-order chi connectivity index (χ1) is 13.3. The van der Waals surface area contributed by atoms with E-state index in [1.165, 1.54) is 0 Å². The largest absolute Gasteiger partial charge is 0.494 e. The standard InChI is InChI=1S/C23H34N2O2/c1-3-16-24-20-8-12-22(13-9-20)26-18-6-5-7-19-27-23-14-10-21(11-15-23)25-17-4-2/h8-15,24-25H,3-7,16-19H2,1-2H3. The normalized spacial score (nSPS) is 10.4. The summed E-state index contributed by atoms with van der Waals surface area (Å²) in [6.45, 7) is 7.83. The number of ether oxygens (including phenoxy) is 2. The molecule has 4 nitrogen and oxygen atoms in total.